The van der Waals surface area contributed by atoms with E-state index in [2.05, 4.69) is 4.99 Å². The van der Waals surface area contributed by atoms with E-state index in [1.54, 1.807) is 33.8 Å². The summed E-state index contributed by atoms with van der Waals surface area (Å²) >= 11 is 5.73. The van der Waals surface area contributed by atoms with Crippen molar-refractivity contribution in [1.82, 2.24) is 4.68 Å². The van der Waals surface area contributed by atoms with E-state index < -0.39 is 11.7 Å². The molecule has 0 spiro atoms. The lowest BCUT2D eigenvalue weighted by molar-refractivity contribution is -0.137. The minimum Gasteiger partial charge on any atom is -0.338 e. The van der Waals surface area contributed by atoms with Crippen molar-refractivity contribution in [2.75, 3.05) is 5.84 Å². The monoisotopic (exact) mass is 307 g/mol. The smallest absolute Gasteiger partial charge is 0.338 e. The Kier molecular flexibility index (Phi) is 4.91. The lowest BCUT2D eigenvalue weighted by Crippen LogP contribution is -2.24. The zero-order valence-corrected chi connectivity index (χ0v) is 12.5. The number of alkyl halides is 3. The summed E-state index contributed by atoms with van der Waals surface area (Å²) in [7, 11) is 0. The topological polar surface area (TPSA) is 43.3 Å². The van der Waals surface area contributed by atoms with E-state index in [9.17, 15) is 13.2 Å². The highest BCUT2D eigenvalue weighted by Crippen LogP contribution is 2.36. The van der Waals surface area contributed by atoms with Gasteiger partial charge in [-0.1, -0.05) is 31.5 Å². The fraction of sp³-hybridized carbons (Fsp3) is 0.462. The van der Waals surface area contributed by atoms with Crippen molar-refractivity contribution in [3.8, 4) is 0 Å². The molecule has 0 aromatic carbocycles. The molecule has 1 rings (SSSR count). The van der Waals surface area contributed by atoms with Crippen LogP contribution in [0.25, 0.3) is 0 Å². The Morgan fingerprint density at radius 1 is 1.45 bits per heavy atom. The van der Waals surface area contributed by atoms with Gasteiger partial charge in [0.2, 0.25) is 0 Å². The number of aliphatic imine (C=N–C) groups is 1. The first-order valence-corrected chi connectivity index (χ1v) is 6.42. The molecule has 3 nitrogen and oxygen atoms in total. The van der Waals surface area contributed by atoms with Gasteiger partial charge in [-0.15, -0.1) is 0 Å². The summed E-state index contributed by atoms with van der Waals surface area (Å²) in [5.74, 6) is 5.40. The molecule has 20 heavy (non-hydrogen) atoms. The van der Waals surface area contributed by atoms with Gasteiger partial charge in [-0.3, -0.25) is 4.99 Å². The Morgan fingerprint density at radius 3 is 2.40 bits per heavy atom. The number of allylic oxidation sites excluding steroid dienone is 2. The molecule has 1 aromatic heterocycles. The van der Waals surface area contributed by atoms with Gasteiger partial charge in [-0.05, 0) is 25.8 Å². The van der Waals surface area contributed by atoms with Gasteiger partial charge in [-0.2, -0.15) is 13.2 Å². The van der Waals surface area contributed by atoms with E-state index in [4.69, 9.17) is 17.4 Å². The van der Waals surface area contributed by atoms with Crippen LogP contribution in [0, 0.1) is 5.92 Å². The first kappa shape index (κ1) is 16.6. The van der Waals surface area contributed by atoms with Crippen LogP contribution in [0.1, 0.15) is 39.0 Å². The van der Waals surface area contributed by atoms with Crippen molar-refractivity contribution in [3.63, 3.8) is 0 Å². The highest BCUT2D eigenvalue weighted by Gasteiger charge is 2.38. The molecule has 0 saturated heterocycles. The third kappa shape index (κ3) is 3.36. The molecule has 2 N–H and O–H groups in total. The van der Waals surface area contributed by atoms with Crippen molar-refractivity contribution in [1.29, 1.82) is 0 Å². The Hall–Kier alpha value is -1.43. The lowest BCUT2D eigenvalue weighted by atomic mass is 10.0. The van der Waals surface area contributed by atoms with Crippen molar-refractivity contribution in [2.45, 2.75) is 33.9 Å². The minimum absolute atomic E-state index is 0.182. The zero-order chi connectivity index (χ0) is 15.7. The number of nitrogens with two attached hydrogens (primary N) is 1. The Labute approximate surface area is 120 Å². The van der Waals surface area contributed by atoms with Crippen LogP contribution in [0.5, 0.6) is 0 Å². The number of halogens is 4. The predicted octanol–water partition coefficient (Wildman–Crippen LogP) is 4.24. The average molecular weight is 308 g/mol. The second kappa shape index (κ2) is 5.91. The fourth-order valence-corrected chi connectivity index (χ4v) is 1.87. The first-order chi connectivity index (χ1) is 9.09. The maximum absolute atomic E-state index is 13.1. The van der Waals surface area contributed by atoms with Crippen LogP contribution in [-0.4, -0.2) is 10.4 Å². The second-order valence-corrected chi connectivity index (χ2v) is 5.07. The highest BCUT2D eigenvalue weighted by atomic mass is 35.5. The molecule has 0 aliphatic rings. The fourth-order valence-electron chi connectivity index (χ4n) is 1.68. The summed E-state index contributed by atoms with van der Waals surface area (Å²) in [5, 5.41) is -0.182. The molecule has 7 heteroatoms. The van der Waals surface area contributed by atoms with Crippen LogP contribution in [0.2, 0.25) is 5.15 Å². The van der Waals surface area contributed by atoms with E-state index in [1.165, 1.54) is 0 Å². The Balaban J connectivity index is 3.61. The molecule has 0 fully saturated rings. The van der Waals surface area contributed by atoms with Gasteiger partial charge in [0.25, 0.3) is 0 Å². The van der Waals surface area contributed by atoms with E-state index in [1.807, 2.05) is 0 Å². The summed E-state index contributed by atoms with van der Waals surface area (Å²) in [5.41, 5.74) is -0.207. The molecular weight excluding hydrogens is 291 g/mol. The van der Waals surface area contributed by atoms with Gasteiger partial charge in [-0.25, -0.2) is 4.68 Å². The van der Waals surface area contributed by atoms with E-state index in [-0.39, 0.29) is 22.5 Å². The number of rotatable bonds is 3. The van der Waals surface area contributed by atoms with E-state index in [0.717, 1.165) is 10.7 Å². The maximum Gasteiger partial charge on any atom is 0.418 e. The SMILES string of the molecule is C/C=C(/C)N=C(c1c(C(F)(F)F)cc(Cl)n1N)C(C)C. The normalized spacial score (nSPS) is 14.2. The van der Waals surface area contributed by atoms with Crippen molar-refractivity contribution >= 4 is 17.3 Å². The molecule has 1 heterocycles. The lowest BCUT2D eigenvalue weighted by Gasteiger charge is -2.15. The van der Waals surface area contributed by atoms with Crippen LogP contribution in [-0.2, 0) is 6.18 Å². The Bertz CT molecular complexity index is 554. The van der Waals surface area contributed by atoms with Crippen LogP contribution in [0.15, 0.2) is 22.8 Å². The molecule has 0 aliphatic carbocycles. The van der Waals surface area contributed by atoms with Gasteiger partial charge in [0.1, 0.15) is 5.15 Å². The largest absolute Gasteiger partial charge is 0.418 e. The van der Waals surface area contributed by atoms with Crippen molar-refractivity contribution in [3.05, 3.63) is 34.2 Å². The van der Waals surface area contributed by atoms with E-state index >= 15 is 0 Å². The summed E-state index contributed by atoms with van der Waals surface area (Å²) in [4.78, 5) is 4.23. The molecule has 0 radical (unpaired) electrons. The predicted molar refractivity (Wildman–Crippen MR) is 75.4 cm³/mol. The summed E-state index contributed by atoms with van der Waals surface area (Å²) in [6.07, 6.45) is -2.83. The van der Waals surface area contributed by atoms with Gasteiger partial charge in [0, 0.05) is 5.70 Å². The average Bonchev–Trinajstić information content (AvgIpc) is 2.62. The minimum atomic E-state index is -4.54. The molecule has 0 amide bonds. The number of hydrogen-bond donors (Lipinski definition) is 1. The van der Waals surface area contributed by atoms with Crippen LogP contribution >= 0.6 is 11.6 Å². The summed E-state index contributed by atoms with van der Waals surface area (Å²) < 4.78 is 40.1. The number of nitrogen functional groups attached to an aromatic ring is 1. The van der Waals surface area contributed by atoms with E-state index in [0.29, 0.717) is 5.70 Å². The molecule has 0 bridgehead atoms. The number of hydrogen-bond acceptors (Lipinski definition) is 2. The standard InChI is InChI=1S/C13H17ClF3N3/c1-5-8(4)19-11(7(2)3)12-9(13(15,16)17)6-10(14)20(12)18/h5-7H,18H2,1-4H3/b8-5-,19-11?. The number of aromatic nitrogens is 1. The first-order valence-electron chi connectivity index (χ1n) is 6.05. The van der Waals surface area contributed by atoms with Gasteiger partial charge < -0.3 is 5.84 Å². The van der Waals surface area contributed by atoms with Crippen LogP contribution in [0.4, 0.5) is 13.2 Å². The molecule has 112 valence electrons. The highest BCUT2D eigenvalue weighted by molar-refractivity contribution is 6.30. The van der Waals surface area contributed by atoms with Crippen LogP contribution < -0.4 is 5.84 Å². The number of nitrogens with zero attached hydrogens (tertiary/aromatic N) is 2. The van der Waals surface area contributed by atoms with Gasteiger partial charge in [0.05, 0.1) is 17.0 Å². The molecule has 1 aromatic rings. The third-order valence-electron chi connectivity index (χ3n) is 2.80. The summed E-state index contributed by atoms with van der Waals surface area (Å²) in [6.45, 7) is 6.97. The van der Waals surface area contributed by atoms with Crippen LogP contribution in [0.3, 0.4) is 0 Å². The zero-order valence-electron chi connectivity index (χ0n) is 11.7. The summed E-state index contributed by atoms with van der Waals surface area (Å²) in [6, 6.07) is 0.819. The molecule has 0 unspecified atom stereocenters. The van der Waals surface area contributed by atoms with Gasteiger partial charge >= 0.3 is 6.18 Å². The molecule has 0 saturated carbocycles. The Morgan fingerprint density at radius 2 is 2.00 bits per heavy atom. The third-order valence-corrected chi connectivity index (χ3v) is 3.09. The maximum atomic E-state index is 13.1. The van der Waals surface area contributed by atoms with Gasteiger partial charge in [0.15, 0.2) is 0 Å². The van der Waals surface area contributed by atoms with Crippen molar-refractivity contribution in [2.24, 2.45) is 10.9 Å². The van der Waals surface area contributed by atoms with Crippen molar-refractivity contribution < 1.29 is 13.2 Å². The quantitative estimate of drug-likeness (QED) is 0.658. The molecular formula is C13H17ClF3N3. The molecule has 0 atom stereocenters. The molecule has 0 aliphatic heterocycles. The second-order valence-electron chi connectivity index (χ2n) is 4.68.